The summed E-state index contributed by atoms with van der Waals surface area (Å²) in [4.78, 5) is 11.4. The van der Waals surface area contributed by atoms with Crippen LogP contribution in [0.15, 0.2) is 24.3 Å². The molecule has 0 fully saturated rings. The molecule has 4 heteroatoms. The molecule has 0 aliphatic carbocycles. The van der Waals surface area contributed by atoms with Crippen molar-refractivity contribution < 1.29 is 9.90 Å². The maximum absolute atomic E-state index is 11.4. The number of benzene rings is 1. The number of rotatable bonds is 5. The van der Waals surface area contributed by atoms with Gasteiger partial charge >= 0.3 is 5.97 Å². The number of carboxylic acid groups (broad SMARTS) is 1. The van der Waals surface area contributed by atoms with Gasteiger partial charge in [-0.25, -0.2) is 0 Å². The van der Waals surface area contributed by atoms with Crippen LogP contribution in [0.4, 0.5) is 0 Å². The highest BCUT2D eigenvalue weighted by atomic mass is 35.5. The molecule has 0 heterocycles. The van der Waals surface area contributed by atoms with Gasteiger partial charge < -0.3 is 10.8 Å². The van der Waals surface area contributed by atoms with Gasteiger partial charge in [0.15, 0.2) is 0 Å². The minimum Gasteiger partial charge on any atom is -0.481 e. The van der Waals surface area contributed by atoms with E-state index in [9.17, 15) is 9.90 Å². The molecule has 0 aliphatic heterocycles. The highest BCUT2D eigenvalue weighted by Crippen LogP contribution is 2.34. The fraction of sp³-hybridized carbons (Fsp3) is 0.417. The van der Waals surface area contributed by atoms with E-state index in [2.05, 4.69) is 0 Å². The summed E-state index contributed by atoms with van der Waals surface area (Å²) < 4.78 is 0. The van der Waals surface area contributed by atoms with Crippen LogP contribution in [0, 0.1) is 0 Å². The zero-order valence-electron chi connectivity index (χ0n) is 9.24. The van der Waals surface area contributed by atoms with E-state index in [1.807, 2.05) is 0 Å². The van der Waals surface area contributed by atoms with E-state index in [4.69, 9.17) is 17.3 Å². The van der Waals surface area contributed by atoms with Gasteiger partial charge in [0, 0.05) is 5.02 Å². The largest absolute Gasteiger partial charge is 0.481 e. The van der Waals surface area contributed by atoms with Gasteiger partial charge in [-0.15, -0.1) is 0 Å². The van der Waals surface area contributed by atoms with Gasteiger partial charge in [0.1, 0.15) is 0 Å². The average Bonchev–Trinajstić information content (AvgIpc) is 2.26. The van der Waals surface area contributed by atoms with Gasteiger partial charge in [-0.3, -0.25) is 4.79 Å². The number of halogens is 1. The Labute approximate surface area is 100 Å². The van der Waals surface area contributed by atoms with Crippen molar-refractivity contribution in [2.24, 2.45) is 5.73 Å². The molecule has 0 aromatic heterocycles. The molecule has 0 bridgehead atoms. The van der Waals surface area contributed by atoms with Crippen molar-refractivity contribution in [3.63, 3.8) is 0 Å². The van der Waals surface area contributed by atoms with E-state index in [0.717, 1.165) is 0 Å². The molecule has 0 saturated heterocycles. The SMILES string of the molecule is CC(CCCN)(C(=O)O)c1ccccc1Cl. The number of carboxylic acids is 1. The second-order valence-corrected chi connectivity index (χ2v) is 4.42. The third kappa shape index (κ3) is 2.54. The summed E-state index contributed by atoms with van der Waals surface area (Å²) in [6.45, 7) is 2.17. The smallest absolute Gasteiger partial charge is 0.313 e. The molecule has 0 radical (unpaired) electrons. The Morgan fingerprint density at radius 3 is 2.62 bits per heavy atom. The van der Waals surface area contributed by atoms with Gasteiger partial charge in [0.05, 0.1) is 5.41 Å². The zero-order chi connectivity index (χ0) is 12.2. The number of aliphatic carboxylic acids is 1. The Balaban J connectivity index is 3.11. The van der Waals surface area contributed by atoms with Crippen LogP contribution in [-0.2, 0) is 10.2 Å². The van der Waals surface area contributed by atoms with Crippen molar-refractivity contribution in [2.75, 3.05) is 6.54 Å². The average molecular weight is 242 g/mol. The van der Waals surface area contributed by atoms with Crippen molar-refractivity contribution in [3.8, 4) is 0 Å². The quantitative estimate of drug-likeness (QED) is 0.832. The fourth-order valence-electron chi connectivity index (χ4n) is 1.72. The predicted octanol–water partition coefficient (Wildman–Crippen LogP) is 2.42. The normalized spacial score (nSPS) is 14.4. The van der Waals surface area contributed by atoms with Crippen molar-refractivity contribution in [2.45, 2.75) is 25.2 Å². The number of carbonyl (C=O) groups is 1. The van der Waals surface area contributed by atoms with Crippen LogP contribution in [0.3, 0.4) is 0 Å². The maximum Gasteiger partial charge on any atom is 0.313 e. The van der Waals surface area contributed by atoms with Crippen LogP contribution in [0.25, 0.3) is 0 Å². The van der Waals surface area contributed by atoms with Crippen molar-refractivity contribution >= 4 is 17.6 Å². The van der Waals surface area contributed by atoms with Crippen LogP contribution in [-0.4, -0.2) is 17.6 Å². The van der Waals surface area contributed by atoms with Gasteiger partial charge in [-0.1, -0.05) is 29.8 Å². The van der Waals surface area contributed by atoms with Crippen LogP contribution in [0.5, 0.6) is 0 Å². The molecule has 1 aromatic rings. The van der Waals surface area contributed by atoms with Crippen LogP contribution < -0.4 is 5.73 Å². The summed E-state index contributed by atoms with van der Waals surface area (Å²) in [5, 5.41) is 9.83. The molecule has 3 N–H and O–H groups in total. The van der Waals surface area contributed by atoms with E-state index in [1.54, 1.807) is 31.2 Å². The van der Waals surface area contributed by atoms with Crippen molar-refractivity contribution in [3.05, 3.63) is 34.9 Å². The highest BCUT2D eigenvalue weighted by molar-refractivity contribution is 6.31. The molecule has 16 heavy (non-hydrogen) atoms. The van der Waals surface area contributed by atoms with Crippen molar-refractivity contribution in [1.29, 1.82) is 0 Å². The summed E-state index contributed by atoms with van der Waals surface area (Å²) in [6.07, 6.45) is 1.15. The van der Waals surface area contributed by atoms with E-state index >= 15 is 0 Å². The number of nitrogens with two attached hydrogens (primary N) is 1. The lowest BCUT2D eigenvalue weighted by atomic mass is 9.78. The molecular weight excluding hydrogens is 226 g/mol. The third-order valence-electron chi connectivity index (χ3n) is 2.82. The Kier molecular flexibility index (Phi) is 4.33. The van der Waals surface area contributed by atoms with E-state index < -0.39 is 11.4 Å². The summed E-state index contributed by atoms with van der Waals surface area (Å²) in [5.41, 5.74) is 5.12. The molecule has 0 aliphatic rings. The van der Waals surface area contributed by atoms with E-state index in [-0.39, 0.29) is 0 Å². The Hall–Kier alpha value is -1.06. The first-order valence-electron chi connectivity index (χ1n) is 5.21. The topological polar surface area (TPSA) is 63.3 Å². The summed E-state index contributed by atoms with van der Waals surface area (Å²) in [7, 11) is 0. The lowest BCUT2D eigenvalue weighted by Crippen LogP contribution is -2.33. The van der Waals surface area contributed by atoms with E-state index in [0.29, 0.717) is 30.0 Å². The first kappa shape index (κ1) is 13.0. The Morgan fingerprint density at radius 2 is 2.12 bits per heavy atom. The molecule has 1 atom stereocenters. The molecular formula is C12H16ClNO2. The Bertz CT molecular complexity index is 381. The Morgan fingerprint density at radius 1 is 1.50 bits per heavy atom. The van der Waals surface area contributed by atoms with Gasteiger partial charge in [-0.2, -0.15) is 0 Å². The van der Waals surface area contributed by atoms with Crippen LogP contribution in [0.1, 0.15) is 25.3 Å². The predicted molar refractivity (Wildman–Crippen MR) is 64.7 cm³/mol. The number of hydrogen-bond acceptors (Lipinski definition) is 2. The maximum atomic E-state index is 11.4. The monoisotopic (exact) mass is 241 g/mol. The standard InChI is InChI=1S/C12H16ClNO2/c1-12(11(15)16,7-4-8-14)9-5-2-3-6-10(9)13/h2-3,5-6H,4,7-8,14H2,1H3,(H,15,16). The van der Waals surface area contributed by atoms with Crippen LogP contribution in [0.2, 0.25) is 5.02 Å². The lowest BCUT2D eigenvalue weighted by molar-refractivity contribution is -0.143. The van der Waals surface area contributed by atoms with Gasteiger partial charge in [0.25, 0.3) is 0 Å². The summed E-state index contributed by atoms with van der Waals surface area (Å²) >= 11 is 6.04. The second kappa shape index (κ2) is 5.32. The second-order valence-electron chi connectivity index (χ2n) is 4.01. The molecule has 88 valence electrons. The highest BCUT2D eigenvalue weighted by Gasteiger charge is 2.35. The minimum absolute atomic E-state index is 0.479. The molecule has 1 aromatic carbocycles. The third-order valence-corrected chi connectivity index (χ3v) is 3.15. The lowest BCUT2D eigenvalue weighted by Gasteiger charge is -2.26. The minimum atomic E-state index is -0.961. The van der Waals surface area contributed by atoms with Crippen LogP contribution >= 0.6 is 11.6 Å². The molecule has 0 spiro atoms. The first-order valence-corrected chi connectivity index (χ1v) is 5.58. The van der Waals surface area contributed by atoms with E-state index in [1.165, 1.54) is 0 Å². The molecule has 3 nitrogen and oxygen atoms in total. The van der Waals surface area contributed by atoms with Gasteiger partial charge in [-0.05, 0) is 37.9 Å². The zero-order valence-corrected chi connectivity index (χ0v) is 10.00. The number of hydrogen-bond donors (Lipinski definition) is 2. The van der Waals surface area contributed by atoms with Gasteiger partial charge in [0.2, 0.25) is 0 Å². The fourth-order valence-corrected chi connectivity index (χ4v) is 2.07. The first-order chi connectivity index (χ1) is 7.52. The summed E-state index contributed by atoms with van der Waals surface area (Å²) in [6, 6.07) is 7.05. The summed E-state index contributed by atoms with van der Waals surface area (Å²) in [5.74, 6) is -0.867. The van der Waals surface area contributed by atoms with Crippen molar-refractivity contribution in [1.82, 2.24) is 0 Å². The molecule has 1 rings (SSSR count). The molecule has 0 saturated carbocycles. The molecule has 1 unspecified atom stereocenters. The molecule has 0 amide bonds.